The largest absolute Gasteiger partial charge is 0.367 e. The van der Waals surface area contributed by atoms with Gasteiger partial charge in [-0.1, -0.05) is 13.8 Å². The summed E-state index contributed by atoms with van der Waals surface area (Å²) in [6, 6.07) is 3.98. The number of carbonyl (C=O) groups excluding carboxylic acids is 1. The van der Waals surface area contributed by atoms with Gasteiger partial charge in [0.1, 0.15) is 5.82 Å². The maximum atomic E-state index is 12.6. The van der Waals surface area contributed by atoms with Crippen molar-refractivity contribution >= 4 is 11.7 Å². The molecule has 0 aromatic carbocycles. The number of amides is 1. The number of nitrogens with zero attached hydrogens (tertiary/aromatic N) is 2. The van der Waals surface area contributed by atoms with Gasteiger partial charge in [-0.05, 0) is 51.2 Å². The first-order valence-electron chi connectivity index (χ1n) is 9.10. The molecule has 1 aliphatic rings. The minimum Gasteiger partial charge on any atom is -0.367 e. The van der Waals surface area contributed by atoms with E-state index in [0.717, 1.165) is 31.5 Å². The number of anilines is 1. The van der Waals surface area contributed by atoms with Crippen molar-refractivity contribution in [2.45, 2.75) is 53.1 Å². The Morgan fingerprint density at radius 1 is 1.29 bits per heavy atom. The van der Waals surface area contributed by atoms with Crippen LogP contribution in [-0.4, -0.2) is 47.5 Å². The average Bonchev–Trinajstić information content (AvgIpc) is 2.45. The van der Waals surface area contributed by atoms with Crippen LogP contribution in [0, 0.1) is 11.8 Å². The quantitative estimate of drug-likeness (QED) is 0.841. The van der Waals surface area contributed by atoms with Crippen LogP contribution in [0.1, 0.15) is 51.4 Å². The summed E-state index contributed by atoms with van der Waals surface area (Å²) in [5.41, 5.74) is 0.610. The topological polar surface area (TPSA) is 57.3 Å². The van der Waals surface area contributed by atoms with E-state index in [1.165, 1.54) is 6.42 Å². The zero-order chi connectivity index (χ0) is 17.7. The number of pyridine rings is 1. The third kappa shape index (κ3) is 5.48. The van der Waals surface area contributed by atoms with Crippen molar-refractivity contribution in [3.63, 3.8) is 0 Å². The molecule has 0 radical (unpaired) electrons. The van der Waals surface area contributed by atoms with Crippen molar-refractivity contribution in [1.82, 2.24) is 15.2 Å². The maximum absolute atomic E-state index is 12.6. The summed E-state index contributed by atoms with van der Waals surface area (Å²) in [5.74, 6) is 2.06. The standard InChI is InChI=1S/C19H32N4O/c1-13(2)21-18-17(7-6-8-20-18)19(24)22-16(5)12-23-10-14(3)9-15(4)11-23/h6-8,13-16H,9-12H2,1-5H3,(H,20,21)(H,22,24)/t14-,15-,16-/m1/s1. The second-order valence-electron chi connectivity index (χ2n) is 7.74. The monoisotopic (exact) mass is 332 g/mol. The average molecular weight is 332 g/mol. The molecule has 2 N–H and O–H groups in total. The fourth-order valence-corrected chi connectivity index (χ4v) is 3.65. The van der Waals surface area contributed by atoms with Crippen LogP contribution in [0.3, 0.4) is 0 Å². The van der Waals surface area contributed by atoms with Crippen LogP contribution in [0.2, 0.25) is 0 Å². The van der Waals surface area contributed by atoms with Crippen molar-refractivity contribution in [3.8, 4) is 0 Å². The number of aromatic nitrogens is 1. The molecule has 0 saturated carbocycles. The van der Waals surface area contributed by atoms with Crippen molar-refractivity contribution < 1.29 is 4.79 Å². The van der Waals surface area contributed by atoms with Gasteiger partial charge in [0.2, 0.25) is 0 Å². The lowest BCUT2D eigenvalue weighted by Crippen LogP contribution is -2.47. The second-order valence-corrected chi connectivity index (χ2v) is 7.74. The van der Waals surface area contributed by atoms with Gasteiger partial charge in [0.25, 0.3) is 5.91 Å². The first kappa shape index (κ1) is 18.7. The fourth-order valence-electron chi connectivity index (χ4n) is 3.65. The summed E-state index contributed by atoms with van der Waals surface area (Å²) in [6.07, 6.45) is 3.01. The molecule has 0 bridgehead atoms. The van der Waals surface area contributed by atoms with Gasteiger partial charge in [0, 0.05) is 37.9 Å². The molecule has 2 rings (SSSR count). The molecule has 1 aliphatic heterocycles. The number of hydrogen-bond donors (Lipinski definition) is 2. The number of carbonyl (C=O) groups is 1. The summed E-state index contributed by atoms with van der Waals surface area (Å²) in [6.45, 7) is 13.9. The van der Waals surface area contributed by atoms with Gasteiger partial charge >= 0.3 is 0 Å². The first-order chi connectivity index (χ1) is 11.3. The molecule has 134 valence electrons. The van der Waals surface area contributed by atoms with Gasteiger partial charge in [-0.3, -0.25) is 4.79 Å². The van der Waals surface area contributed by atoms with E-state index in [1.807, 2.05) is 19.9 Å². The Morgan fingerprint density at radius 2 is 1.96 bits per heavy atom. The van der Waals surface area contributed by atoms with Crippen molar-refractivity contribution in [2.24, 2.45) is 11.8 Å². The number of rotatable bonds is 6. The minimum absolute atomic E-state index is 0.0585. The summed E-state index contributed by atoms with van der Waals surface area (Å²) in [7, 11) is 0. The van der Waals surface area contributed by atoms with Gasteiger partial charge in [-0.15, -0.1) is 0 Å². The molecule has 0 unspecified atom stereocenters. The highest BCUT2D eigenvalue weighted by Gasteiger charge is 2.23. The van der Waals surface area contributed by atoms with Crippen LogP contribution in [0.25, 0.3) is 0 Å². The van der Waals surface area contributed by atoms with Gasteiger partial charge in [-0.2, -0.15) is 0 Å². The lowest BCUT2D eigenvalue weighted by molar-refractivity contribution is 0.0905. The molecule has 3 atom stereocenters. The second kappa shape index (κ2) is 8.47. The molecule has 24 heavy (non-hydrogen) atoms. The Bertz CT molecular complexity index is 536. The smallest absolute Gasteiger partial charge is 0.255 e. The van der Waals surface area contributed by atoms with E-state index in [9.17, 15) is 4.79 Å². The van der Waals surface area contributed by atoms with Crippen molar-refractivity contribution in [2.75, 3.05) is 25.0 Å². The zero-order valence-corrected chi connectivity index (χ0v) is 15.7. The van der Waals surface area contributed by atoms with E-state index in [0.29, 0.717) is 11.4 Å². The molecule has 2 heterocycles. The van der Waals surface area contributed by atoms with Crippen LogP contribution in [-0.2, 0) is 0 Å². The van der Waals surface area contributed by atoms with E-state index >= 15 is 0 Å². The summed E-state index contributed by atoms with van der Waals surface area (Å²) >= 11 is 0. The van der Waals surface area contributed by atoms with E-state index in [2.05, 4.69) is 41.3 Å². The number of likely N-dealkylation sites (tertiary alicyclic amines) is 1. The lowest BCUT2D eigenvalue weighted by atomic mass is 9.92. The predicted octanol–water partition coefficient (Wildman–Crippen LogP) is 3.00. The number of nitrogens with one attached hydrogen (secondary N) is 2. The SMILES string of the molecule is CC(C)Nc1ncccc1C(=O)N[C@H](C)CN1C[C@H](C)C[C@@H](C)C1. The Morgan fingerprint density at radius 3 is 2.58 bits per heavy atom. The summed E-state index contributed by atoms with van der Waals surface area (Å²) < 4.78 is 0. The molecule has 5 nitrogen and oxygen atoms in total. The number of hydrogen-bond acceptors (Lipinski definition) is 4. The van der Waals surface area contributed by atoms with Crippen molar-refractivity contribution in [1.29, 1.82) is 0 Å². The van der Waals surface area contributed by atoms with Crippen LogP contribution in [0.4, 0.5) is 5.82 Å². The zero-order valence-electron chi connectivity index (χ0n) is 15.7. The molecular weight excluding hydrogens is 300 g/mol. The normalized spacial score (nSPS) is 23.1. The Kier molecular flexibility index (Phi) is 6.60. The fraction of sp³-hybridized carbons (Fsp3) is 0.684. The van der Waals surface area contributed by atoms with Gasteiger partial charge in [-0.25, -0.2) is 4.98 Å². The highest BCUT2D eigenvalue weighted by molar-refractivity contribution is 5.98. The van der Waals surface area contributed by atoms with Gasteiger partial charge in [0.15, 0.2) is 0 Å². The van der Waals surface area contributed by atoms with Gasteiger partial charge < -0.3 is 15.5 Å². The van der Waals surface area contributed by atoms with Gasteiger partial charge in [0.05, 0.1) is 5.56 Å². The molecule has 1 aromatic heterocycles. The highest BCUT2D eigenvalue weighted by Crippen LogP contribution is 2.21. The molecule has 1 fully saturated rings. The van der Waals surface area contributed by atoms with Crippen LogP contribution < -0.4 is 10.6 Å². The minimum atomic E-state index is -0.0585. The van der Waals surface area contributed by atoms with Crippen LogP contribution in [0.5, 0.6) is 0 Å². The van der Waals surface area contributed by atoms with Crippen molar-refractivity contribution in [3.05, 3.63) is 23.9 Å². The van der Waals surface area contributed by atoms with E-state index < -0.39 is 0 Å². The van der Waals surface area contributed by atoms with E-state index in [4.69, 9.17) is 0 Å². The molecular formula is C19H32N4O. The summed E-state index contributed by atoms with van der Waals surface area (Å²) in [4.78, 5) is 19.4. The third-order valence-corrected chi connectivity index (χ3v) is 4.33. The molecule has 1 saturated heterocycles. The predicted molar refractivity (Wildman–Crippen MR) is 99.3 cm³/mol. The molecule has 1 amide bonds. The maximum Gasteiger partial charge on any atom is 0.255 e. The molecule has 5 heteroatoms. The lowest BCUT2D eigenvalue weighted by Gasteiger charge is -2.36. The van der Waals surface area contributed by atoms with Crippen LogP contribution >= 0.6 is 0 Å². The molecule has 0 spiro atoms. The molecule has 0 aliphatic carbocycles. The van der Waals surface area contributed by atoms with E-state index in [1.54, 1.807) is 12.3 Å². The van der Waals surface area contributed by atoms with E-state index in [-0.39, 0.29) is 18.0 Å². The first-order valence-corrected chi connectivity index (χ1v) is 9.10. The Hall–Kier alpha value is -1.62. The molecule has 1 aromatic rings. The third-order valence-electron chi connectivity index (χ3n) is 4.33. The Balaban J connectivity index is 1.94. The van der Waals surface area contributed by atoms with Crippen LogP contribution in [0.15, 0.2) is 18.3 Å². The summed E-state index contributed by atoms with van der Waals surface area (Å²) in [5, 5.41) is 6.36. The number of piperidine rings is 1. The highest BCUT2D eigenvalue weighted by atomic mass is 16.1. The Labute approximate surface area is 146 Å².